The summed E-state index contributed by atoms with van der Waals surface area (Å²) in [4.78, 5) is 0. The third kappa shape index (κ3) is 4.15. The minimum atomic E-state index is 0.157. The normalized spacial score (nSPS) is 23.1. The number of rotatable bonds is 3. The molecule has 5 aliphatic rings. The Morgan fingerprint density at radius 1 is 0.339 bits per heavy atom. The largest absolute Gasteiger partial charge is 0.0619 e. The van der Waals surface area contributed by atoms with Crippen LogP contribution in [-0.4, -0.2) is 0 Å². The zero-order valence-corrected chi connectivity index (χ0v) is 31.5. The number of benzene rings is 9. The van der Waals surface area contributed by atoms with E-state index in [1.54, 1.807) is 11.1 Å². The van der Waals surface area contributed by atoms with Crippen molar-refractivity contribution in [2.75, 3.05) is 0 Å². The Labute approximate surface area is 328 Å². The highest BCUT2D eigenvalue weighted by Gasteiger charge is 2.61. The number of hydrogen-bond acceptors (Lipinski definition) is 0. The fourth-order valence-electron chi connectivity index (χ4n) is 13.2. The topological polar surface area (TPSA) is 0 Å². The van der Waals surface area contributed by atoms with Gasteiger partial charge in [-0.2, -0.15) is 0 Å². The molecule has 0 aliphatic heterocycles. The van der Waals surface area contributed by atoms with Crippen molar-refractivity contribution in [3.63, 3.8) is 0 Å². The molecule has 0 amide bonds. The van der Waals surface area contributed by atoms with Crippen molar-refractivity contribution in [1.29, 1.82) is 0 Å². The van der Waals surface area contributed by atoms with Gasteiger partial charge in [-0.05, 0) is 161 Å². The van der Waals surface area contributed by atoms with Crippen LogP contribution in [0.1, 0.15) is 43.2 Å². The Hall–Kier alpha value is -5.98. The lowest BCUT2D eigenvalue weighted by atomic mass is 9.43. The SMILES string of the molecule is c1ccc2c(c1)-c1ccc3cc(-c4c5ccccc5c(-c5ccc(-c6cccc7ccccc67)cc5)c5ccccc45)ccc3c1C21C2CC3CC(C2)CC1C3. The van der Waals surface area contributed by atoms with Crippen LogP contribution in [0, 0.1) is 23.7 Å². The van der Waals surface area contributed by atoms with Gasteiger partial charge in [-0.25, -0.2) is 0 Å². The second-order valence-electron chi connectivity index (χ2n) is 17.6. The van der Waals surface area contributed by atoms with Gasteiger partial charge in [-0.1, -0.05) is 164 Å². The molecule has 0 heterocycles. The molecule has 4 fully saturated rings. The minimum absolute atomic E-state index is 0.157. The molecule has 4 bridgehead atoms. The molecule has 0 radical (unpaired) electrons. The van der Waals surface area contributed by atoms with Crippen LogP contribution in [0.25, 0.3) is 87.6 Å². The Balaban J connectivity index is 0.991. The van der Waals surface area contributed by atoms with E-state index in [2.05, 4.69) is 170 Å². The summed E-state index contributed by atoms with van der Waals surface area (Å²) in [5.74, 6) is 3.39. The molecule has 4 saturated carbocycles. The molecule has 0 aromatic heterocycles. The zero-order chi connectivity index (χ0) is 36.5. The predicted molar refractivity (Wildman–Crippen MR) is 236 cm³/mol. The summed E-state index contributed by atoms with van der Waals surface area (Å²) < 4.78 is 0. The average molecular weight is 715 g/mol. The van der Waals surface area contributed by atoms with Crippen molar-refractivity contribution < 1.29 is 0 Å². The van der Waals surface area contributed by atoms with Crippen molar-refractivity contribution in [1.82, 2.24) is 0 Å². The van der Waals surface area contributed by atoms with Crippen LogP contribution in [0.15, 0.2) is 170 Å². The molecular formula is C56H42. The van der Waals surface area contributed by atoms with E-state index in [0.717, 1.165) is 23.7 Å². The highest BCUT2D eigenvalue weighted by Crippen LogP contribution is 2.70. The van der Waals surface area contributed by atoms with Gasteiger partial charge in [-0.3, -0.25) is 0 Å². The summed E-state index contributed by atoms with van der Waals surface area (Å²) >= 11 is 0. The van der Waals surface area contributed by atoms with E-state index in [9.17, 15) is 0 Å². The van der Waals surface area contributed by atoms with Gasteiger partial charge in [0.15, 0.2) is 0 Å². The van der Waals surface area contributed by atoms with Crippen LogP contribution in [-0.2, 0) is 5.41 Å². The fraction of sp³-hybridized carbons (Fsp3) is 0.179. The molecule has 0 unspecified atom stereocenters. The summed E-state index contributed by atoms with van der Waals surface area (Å²) in [5, 5.41) is 10.6. The second kappa shape index (κ2) is 11.5. The first-order valence-corrected chi connectivity index (χ1v) is 20.9. The number of hydrogen-bond donors (Lipinski definition) is 0. The molecule has 0 N–H and O–H groups in total. The summed E-state index contributed by atoms with van der Waals surface area (Å²) in [5.41, 5.74) is 14.2. The van der Waals surface area contributed by atoms with Gasteiger partial charge in [-0.15, -0.1) is 0 Å². The van der Waals surface area contributed by atoms with E-state index < -0.39 is 0 Å². The maximum atomic E-state index is 2.52. The standard InChI is InChI=1S/C56H42/c1-2-12-43-36(10-1)11-9-18-44(43)37-20-22-38(23-21-37)53-47-14-3-5-16-49(47)54(50-17-6-4-15-48(50)53)40-25-26-45-39(33-40)24-27-51-46-13-7-8-19-52(46)56(55(45)51)41-29-34-28-35(31-41)32-42(56)30-34/h1-27,33-35,41-42H,28-32H2. The first-order valence-electron chi connectivity index (χ1n) is 20.9. The maximum absolute atomic E-state index is 2.52. The lowest BCUT2D eigenvalue weighted by Gasteiger charge is -2.61. The quantitative estimate of drug-likeness (QED) is 0.160. The average Bonchev–Trinajstić information content (AvgIpc) is 3.55. The Morgan fingerprint density at radius 3 is 1.57 bits per heavy atom. The predicted octanol–water partition coefficient (Wildman–Crippen LogP) is 15.0. The highest BCUT2D eigenvalue weighted by molar-refractivity contribution is 6.22. The van der Waals surface area contributed by atoms with Crippen LogP contribution >= 0.6 is 0 Å². The molecule has 5 aliphatic carbocycles. The van der Waals surface area contributed by atoms with Gasteiger partial charge in [0.25, 0.3) is 0 Å². The lowest BCUT2D eigenvalue weighted by molar-refractivity contribution is -0.0393. The maximum Gasteiger partial charge on any atom is 0.0278 e. The van der Waals surface area contributed by atoms with Crippen LogP contribution in [0.2, 0.25) is 0 Å². The van der Waals surface area contributed by atoms with Crippen molar-refractivity contribution >= 4 is 43.1 Å². The second-order valence-corrected chi connectivity index (χ2v) is 17.6. The van der Waals surface area contributed by atoms with Crippen LogP contribution in [0.3, 0.4) is 0 Å². The Morgan fingerprint density at radius 2 is 0.875 bits per heavy atom. The molecular weight excluding hydrogens is 673 g/mol. The van der Waals surface area contributed by atoms with E-state index in [1.165, 1.54) is 120 Å². The molecule has 0 atom stereocenters. The van der Waals surface area contributed by atoms with Crippen molar-refractivity contribution in [2.45, 2.75) is 37.5 Å². The van der Waals surface area contributed by atoms with E-state index in [0.29, 0.717) is 0 Å². The molecule has 0 saturated heterocycles. The third-order valence-corrected chi connectivity index (χ3v) is 15.0. The molecule has 9 aromatic rings. The molecule has 0 heteroatoms. The minimum Gasteiger partial charge on any atom is -0.0619 e. The van der Waals surface area contributed by atoms with E-state index in [-0.39, 0.29) is 5.41 Å². The van der Waals surface area contributed by atoms with Crippen molar-refractivity contribution in [3.05, 3.63) is 181 Å². The van der Waals surface area contributed by atoms with Gasteiger partial charge >= 0.3 is 0 Å². The van der Waals surface area contributed by atoms with Crippen LogP contribution < -0.4 is 0 Å². The summed E-state index contributed by atoms with van der Waals surface area (Å²) in [6.07, 6.45) is 7.11. The molecule has 56 heavy (non-hydrogen) atoms. The summed E-state index contributed by atoms with van der Waals surface area (Å²) in [7, 11) is 0. The van der Waals surface area contributed by atoms with E-state index >= 15 is 0 Å². The summed E-state index contributed by atoms with van der Waals surface area (Å²) in [6.45, 7) is 0. The van der Waals surface area contributed by atoms with E-state index in [4.69, 9.17) is 0 Å². The van der Waals surface area contributed by atoms with Gasteiger partial charge < -0.3 is 0 Å². The summed E-state index contributed by atoms with van der Waals surface area (Å²) in [6, 6.07) is 64.8. The highest BCUT2D eigenvalue weighted by atomic mass is 14.6. The van der Waals surface area contributed by atoms with Gasteiger partial charge in [0, 0.05) is 5.41 Å². The van der Waals surface area contributed by atoms with Gasteiger partial charge in [0.2, 0.25) is 0 Å². The smallest absolute Gasteiger partial charge is 0.0278 e. The first kappa shape index (κ1) is 31.2. The van der Waals surface area contributed by atoms with Crippen molar-refractivity contribution in [2.24, 2.45) is 23.7 Å². The van der Waals surface area contributed by atoms with E-state index in [1.807, 2.05) is 0 Å². The van der Waals surface area contributed by atoms with Gasteiger partial charge in [0.05, 0.1) is 0 Å². The van der Waals surface area contributed by atoms with Crippen LogP contribution in [0.4, 0.5) is 0 Å². The molecule has 14 rings (SSSR count). The van der Waals surface area contributed by atoms with Gasteiger partial charge in [0.1, 0.15) is 0 Å². The zero-order valence-electron chi connectivity index (χ0n) is 31.5. The number of fused-ring (bicyclic) bond motifs is 8. The Bertz CT molecular complexity index is 3000. The lowest BCUT2D eigenvalue weighted by Crippen LogP contribution is -2.55. The third-order valence-electron chi connectivity index (χ3n) is 15.0. The Kier molecular flexibility index (Phi) is 6.43. The van der Waals surface area contributed by atoms with Crippen molar-refractivity contribution in [3.8, 4) is 44.5 Å². The fourth-order valence-corrected chi connectivity index (χ4v) is 13.2. The molecule has 9 aromatic carbocycles. The molecule has 266 valence electrons. The molecule has 0 nitrogen and oxygen atoms in total. The van der Waals surface area contributed by atoms with Crippen LogP contribution in [0.5, 0.6) is 0 Å². The molecule has 1 spiro atoms. The first-order chi connectivity index (χ1) is 27.7. The monoisotopic (exact) mass is 714 g/mol.